The molecular formula is C33H30F3N5O5S. The molecule has 0 aliphatic carbocycles. The van der Waals surface area contributed by atoms with Crippen LogP contribution in [-0.2, 0) is 9.84 Å². The van der Waals surface area contributed by atoms with E-state index in [9.17, 15) is 22.3 Å². The van der Waals surface area contributed by atoms with Crippen LogP contribution in [0.15, 0.2) is 24.3 Å². The quantitative estimate of drug-likeness (QED) is 0.319. The van der Waals surface area contributed by atoms with Gasteiger partial charge in [0.25, 0.3) is 0 Å². The molecular weight excluding hydrogens is 635 g/mol. The van der Waals surface area contributed by atoms with Crippen LogP contribution in [0.5, 0.6) is 17.6 Å². The molecule has 1 spiro atoms. The van der Waals surface area contributed by atoms with Crippen molar-refractivity contribution in [1.82, 2.24) is 19.9 Å². The van der Waals surface area contributed by atoms with Gasteiger partial charge >= 0.3 is 6.01 Å². The SMILES string of the molecule is C#Cc1c(F)ccc2cc(O)cc(-c3nc4c5c(nc(OC[C@@]67CCCN6C[C@H](F)C7)nc5c3F)N(C)C3(CCO4)CS(=O)(=O)C3)c12. The van der Waals surface area contributed by atoms with Crippen molar-refractivity contribution < 1.29 is 36.2 Å². The van der Waals surface area contributed by atoms with Gasteiger partial charge in [0, 0.05) is 37.4 Å². The summed E-state index contributed by atoms with van der Waals surface area (Å²) in [6.45, 7) is 1.19. The van der Waals surface area contributed by atoms with Crippen LogP contribution in [0.1, 0.15) is 31.2 Å². The van der Waals surface area contributed by atoms with Crippen molar-refractivity contribution in [3.63, 3.8) is 0 Å². The van der Waals surface area contributed by atoms with E-state index in [4.69, 9.17) is 15.9 Å². The van der Waals surface area contributed by atoms with E-state index in [-0.39, 0.29) is 81.3 Å². The molecule has 244 valence electrons. The molecule has 0 bridgehead atoms. The number of fused-ring (bicyclic) bond motifs is 2. The largest absolute Gasteiger partial charge is 0.508 e. The zero-order chi connectivity index (χ0) is 32.9. The molecule has 4 aliphatic rings. The van der Waals surface area contributed by atoms with Crippen LogP contribution in [0.4, 0.5) is 19.0 Å². The predicted octanol–water partition coefficient (Wildman–Crippen LogP) is 4.15. The van der Waals surface area contributed by atoms with E-state index in [1.54, 1.807) is 11.9 Å². The summed E-state index contributed by atoms with van der Waals surface area (Å²) >= 11 is 0. The van der Waals surface area contributed by atoms with E-state index in [1.165, 1.54) is 24.3 Å². The molecule has 0 radical (unpaired) electrons. The van der Waals surface area contributed by atoms with E-state index in [1.807, 2.05) is 0 Å². The molecule has 3 saturated heterocycles. The Morgan fingerprint density at radius 1 is 1.17 bits per heavy atom. The molecule has 0 amide bonds. The number of phenols is 1. The number of sulfone groups is 1. The molecule has 1 N–H and O–H groups in total. The van der Waals surface area contributed by atoms with Crippen molar-refractivity contribution >= 4 is 37.3 Å². The number of nitrogens with zero attached hydrogens (tertiary/aromatic N) is 5. The van der Waals surface area contributed by atoms with Crippen molar-refractivity contribution in [3.05, 3.63) is 41.5 Å². The Hall–Kier alpha value is -4.35. The summed E-state index contributed by atoms with van der Waals surface area (Å²) in [7, 11) is -1.61. The molecule has 4 aliphatic heterocycles. The fraction of sp³-hybridized carbons (Fsp3) is 0.424. The summed E-state index contributed by atoms with van der Waals surface area (Å²) in [5.41, 5.74) is -2.05. The molecule has 2 aromatic heterocycles. The number of benzene rings is 2. The standard InChI is InChI=1S/C33H30F3N5O5S/c1-3-21-23(35)6-5-18-11-20(42)12-22(24(18)21)27-26(36)28-25-29(40(2)33(16-47(43,44)17-33)8-10-45-30(25)37-27)39-31(38-28)46-15-32-7-4-9-41(32)14-19(34)13-32/h1,5-6,11-12,19,42H,4,7-10,13-17H2,2H3/t19-,32+/m1/s1. The van der Waals surface area contributed by atoms with Crippen molar-refractivity contribution in [1.29, 1.82) is 0 Å². The number of rotatable bonds is 4. The van der Waals surface area contributed by atoms with Crippen molar-refractivity contribution in [2.45, 2.75) is 42.9 Å². The number of aromatic nitrogens is 3. The molecule has 3 fully saturated rings. The first kappa shape index (κ1) is 30.0. The van der Waals surface area contributed by atoms with Gasteiger partial charge in [-0.05, 0) is 43.0 Å². The number of aromatic hydroxyl groups is 1. The van der Waals surface area contributed by atoms with Crippen LogP contribution >= 0.6 is 0 Å². The van der Waals surface area contributed by atoms with E-state index in [0.29, 0.717) is 24.8 Å². The molecule has 0 saturated carbocycles. The van der Waals surface area contributed by atoms with Crippen molar-refractivity contribution in [3.8, 4) is 41.2 Å². The Morgan fingerprint density at radius 3 is 2.74 bits per heavy atom. The summed E-state index contributed by atoms with van der Waals surface area (Å²) in [6.07, 6.45) is 6.91. The van der Waals surface area contributed by atoms with E-state index in [2.05, 4.69) is 25.8 Å². The molecule has 0 unspecified atom stereocenters. The van der Waals surface area contributed by atoms with Gasteiger partial charge in [-0.15, -0.1) is 6.42 Å². The van der Waals surface area contributed by atoms with Crippen molar-refractivity contribution in [2.24, 2.45) is 0 Å². The number of halogens is 3. The lowest BCUT2D eigenvalue weighted by Gasteiger charge is -2.49. The minimum absolute atomic E-state index is 0.0201. The number of terminal acetylenes is 1. The maximum absolute atomic E-state index is 17.0. The van der Waals surface area contributed by atoms with Crippen LogP contribution in [0.3, 0.4) is 0 Å². The molecule has 47 heavy (non-hydrogen) atoms. The zero-order valence-electron chi connectivity index (χ0n) is 25.4. The normalized spacial score (nSPS) is 24.4. The molecule has 2 aromatic carbocycles. The first-order valence-electron chi connectivity index (χ1n) is 15.4. The maximum atomic E-state index is 17.0. The maximum Gasteiger partial charge on any atom is 0.319 e. The molecule has 6 heterocycles. The smallest absolute Gasteiger partial charge is 0.319 e. The highest BCUT2D eigenvalue weighted by molar-refractivity contribution is 7.93. The molecule has 10 nitrogen and oxygen atoms in total. The highest BCUT2D eigenvalue weighted by Crippen LogP contribution is 2.46. The Kier molecular flexibility index (Phi) is 6.59. The number of ether oxygens (including phenoxy) is 2. The van der Waals surface area contributed by atoms with Gasteiger partial charge in [-0.1, -0.05) is 12.0 Å². The van der Waals surface area contributed by atoms with E-state index >= 15 is 4.39 Å². The summed E-state index contributed by atoms with van der Waals surface area (Å²) < 4.78 is 83.4. The third-order valence-corrected chi connectivity index (χ3v) is 12.2. The number of pyridine rings is 1. The third kappa shape index (κ3) is 4.57. The Morgan fingerprint density at radius 2 is 1.98 bits per heavy atom. The van der Waals surface area contributed by atoms with Crippen LogP contribution in [0, 0.1) is 24.0 Å². The van der Waals surface area contributed by atoms with Gasteiger partial charge in [0.1, 0.15) is 46.8 Å². The van der Waals surface area contributed by atoms with Crippen molar-refractivity contribution in [2.75, 3.05) is 49.8 Å². The second-order valence-corrected chi connectivity index (χ2v) is 15.1. The average Bonchev–Trinajstić information content (AvgIpc) is 3.54. The number of hydrogen-bond donors (Lipinski definition) is 1. The highest BCUT2D eigenvalue weighted by atomic mass is 32.2. The van der Waals surface area contributed by atoms with Crippen LogP contribution in [0.25, 0.3) is 32.9 Å². The number of alkyl halides is 1. The summed E-state index contributed by atoms with van der Waals surface area (Å²) in [5.74, 6) is 0.310. The highest BCUT2D eigenvalue weighted by Gasteiger charge is 2.53. The molecule has 8 rings (SSSR count). The number of hydrogen-bond acceptors (Lipinski definition) is 10. The van der Waals surface area contributed by atoms with Gasteiger partial charge in [0.15, 0.2) is 15.7 Å². The van der Waals surface area contributed by atoms with Gasteiger partial charge in [0.2, 0.25) is 5.88 Å². The first-order chi connectivity index (χ1) is 22.4. The summed E-state index contributed by atoms with van der Waals surface area (Å²) in [4.78, 5) is 17.5. The molecule has 14 heteroatoms. The molecule has 4 aromatic rings. The minimum atomic E-state index is -3.30. The number of anilines is 1. The summed E-state index contributed by atoms with van der Waals surface area (Å²) in [5, 5.41) is 11.2. The average molecular weight is 666 g/mol. The van der Waals surface area contributed by atoms with Gasteiger partial charge < -0.3 is 19.5 Å². The number of phenolic OH excluding ortho intramolecular Hbond substituents is 1. The fourth-order valence-corrected chi connectivity index (χ4v) is 10.2. The van der Waals surface area contributed by atoms with E-state index in [0.717, 1.165) is 19.4 Å². The van der Waals surface area contributed by atoms with Crippen LogP contribution in [0.2, 0.25) is 0 Å². The van der Waals surface area contributed by atoms with E-state index < -0.39 is 38.7 Å². The van der Waals surface area contributed by atoms with Gasteiger partial charge in [-0.3, -0.25) is 4.90 Å². The van der Waals surface area contributed by atoms with Crippen LogP contribution < -0.4 is 14.4 Å². The monoisotopic (exact) mass is 665 g/mol. The lowest BCUT2D eigenvalue weighted by Crippen LogP contribution is -2.65. The lowest BCUT2D eigenvalue weighted by molar-refractivity contribution is 0.107. The topological polar surface area (TPSA) is 118 Å². The Bertz CT molecular complexity index is 2150. The van der Waals surface area contributed by atoms with Gasteiger partial charge in [0.05, 0.1) is 34.8 Å². The Balaban J connectivity index is 1.34. The molecule has 2 atom stereocenters. The zero-order valence-corrected chi connectivity index (χ0v) is 26.2. The summed E-state index contributed by atoms with van der Waals surface area (Å²) in [6, 6.07) is 5.04. The van der Waals surface area contributed by atoms with Gasteiger partial charge in [-0.2, -0.15) is 9.97 Å². The second-order valence-electron chi connectivity index (χ2n) is 13.1. The van der Waals surface area contributed by atoms with Gasteiger partial charge in [-0.25, -0.2) is 26.6 Å². The third-order valence-electron chi connectivity index (χ3n) is 10.2. The predicted molar refractivity (Wildman–Crippen MR) is 168 cm³/mol. The first-order valence-corrected chi connectivity index (χ1v) is 17.2. The minimum Gasteiger partial charge on any atom is -0.508 e. The fourth-order valence-electron chi connectivity index (χ4n) is 7.94. The lowest BCUT2D eigenvalue weighted by atomic mass is 9.94. The Labute approximate surface area is 268 Å². The second kappa shape index (κ2) is 10.3. The van der Waals surface area contributed by atoms with Crippen LogP contribution in [-0.4, -0.2) is 95.5 Å².